The number of aliphatic hydroxyl groups is 1. The summed E-state index contributed by atoms with van der Waals surface area (Å²) in [5.41, 5.74) is 2.55. The van der Waals surface area contributed by atoms with Crippen LogP contribution < -0.4 is 19.1 Å². The molecule has 8 heteroatoms. The number of esters is 1. The lowest BCUT2D eigenvalue weighted by molar-refractivity contribution is -0.211. The minimum Gasteiger partial charge on any atom is -0.493 e. The van der Waals surface area contributed by atoms with Gasteiger partial charge in [-0.3, -0.25) is 4.90 Å². The number of para-hydroxylation sites is 1. The van der Waals surface area contributed by atoms with Crippen LogP contribution in [0.25, 0.3) is 0 Å². The van der Waals surface area contributed by atoms with Crippen LogP contribution in [0.15, 0.2) is 36.4 Å². The zero-order valence-corrected chi connectivity index (χ0v) is 22.6. The number of anilines is 1. The van der Waals surface area contributed by atoms with Crippen molar-refractivity contribution in [3.8, 4) is 17.2 Å². The second kappa shape index (κ2) is 8.26. The van der Waals surface area contributed by atoms with Gasteiger partial charge in [0.2, 0.25) is 5.75 Å². The van der Waals surface area contributed by atoms with E-state index >= 15 is 0 Å². The Hall–Kier alpha value is -2.97. The number of methoxy groups -OCH3 is 3. The van der Waals surface area contributed by atoms with Crippen molar-refractivity contribution in [2.45, 2.75) is 62.1 Å². The average molecular weight is 521 g/mol. The first-order valence-electron chi connectivity index (χ1n) is 13.7. The number of nitrogens with zero attached hydrogens (tertiary/aromatic N) is 2. The van der Waals surface area contributed by atoms with Crippen LogP contribution >= 0.6 is 0 Å². The molecule has 2 aromatic rings. The molecule has 1 aliphatic carbocycles. The van der Waals surface area contributed by atoms with Crippen LogP contribution in [-0.2, 0) is 10.2 Å². The zero-order chi connectivity index (χ0) is 26.5. The third kappa shape index (κ3) is 2.75. The molecule has 1 spiro atoms. The molecule has 0 aromatic heterocycles. The highest BCUT2D eigenvalue weighted by molar-refractivity contribution is 5.91. The molecule has 5 fully saturated rings. The van der Waals surface area contributed by atoms with Crippen LogP contribution in [0.3, 0.4) is 0 Å². The normalized spacial score (nSPS) is 39.1. The fraction of sp³-hybridized carbons (Fsp3) is 0.567. The molecular weight excluding hydrogens is 484 g/mol. The lowest BCUT2D eigenvalue weighted by Crippen LogP contribution is -2.72. The van der Waals surface area contributed by atoms with Crippen LogP contribution in [0.2, 0.25) is 0 Å². The molecule has 0 amide bonds. The summed E-state index contributed by atoms with van der Waals surface area (Å²) in [5.74, 6) is 1.58. The van der Waals surface area contributed by atoms with Gasteiger partial charge in [0.1, 0.15) is 12.3 Å². The second-order valence-corrected chi connectivity index (χ2v) is 11.6. The first kappa shape index (κ1) is 24.1. The van der Waals surface area contributed by atoms with Gasteiger partial charge >= 0.3 is 5.97 Å². The minimum absolute atomic E-state index is 0.136. The maximum absolute atomic E-state index is 13.9. The molecule has 6 bridgehead atoms. The van der Waals surface area contributed by atoms with Crippen LogP contribution in [-0.4, -0.2) is 74.8 Å². The lowest BCUT2D eigenvalue weighted by atomic mass is 9.62. The molecule has 10 atom stereocenters. The van der Waals surface area contributed by atoms with E-state index in [1.807, 2.05) is 0 Å². The molecule has 2 aromatic carbocycles. The molecule has 0 radical (unpaired) electrons. The van der Waals surface area contributed by atoms with Crippen molar-refractivity contribution in [1.82, 2.24) is 4.90 Å². The number of rotatable bonds is 6. The first-order valence-corrected chi connectivity index (χ1v) is 13.7. The number of aliphatic hydroxyl groups excluding tert-OH is 1. The summed E-state index contributed by atoms with van der Waals surface area (Å²) in [4.78, 5) is 18.7. The van der Waals surface area contributed by atoms with Crippen molar-refractivity contribution in [3.63, 3.8) is 0 Å². The Morgan fingerprint density at radius 1 is 1.08 bits per heavy atom. The molecule has 5 aliphatic heterocycles. The Balaban J connectivity index is 1.35. The van der Waals surface area contributed by atoms with Gasteiger partial charge in [-0.15, -0.1) is 0 Å². The summed E-state index contributed by atoms with van der Waals surface area (Å²) in [7, 11) is 6.80. The van der Waals surface area contributed by atoms with E-state index in [1.165, 1.54) is 11.3 Å². The van der Waals surface area contributed by atoms with Crippen molar-refractivity contribution >= 4 is 11.7 Å². The van der Waals surface area contributed by atoms with Gasteiger partial charge in [-0.25, -0.2) is 4.79 Å². The maximum Gasteiger partial charge on any atom is 0.338 e. The smallest absolute Gasteiger partial charge is 0.338 e. The van der Waals surface area contributed by atoms with E-state index in [4.69, 9.17) is 18.9 Å². The summed E-state index contributed by atoms with van der Waals surface area (Å²) >= 11 is 0. The van der Waals surface area contributed by atoms with E-state index in [0.29, 0.717) is 28.7 Å². The molecule has 202 valence electrons. The second-order valence-electron chi connectivity index (χ2n) is 11.6. The van der Waals surface area contributed by atoms with E-state index in [0.717, 1.165) is 19.3 Å². The third-order valence-corrected chi connectivity index (χ3v) is 10.6. The summed E-state index contributed by atoms with van der Waals surface area (Å²) in [6.45, 7) is 2.17. The summed E-state index contributed by atoms with van der Waals surface area (Å²) < 4.78 is 23.2. The molecule has 38 heavy (non-hydrogen) atoms. The van der Waals surface area contributed by atoms with Gasteiger partial charge < -0.3 is 29.0 Å². The Kier molecular flexibility index (Phi) is 5.24. The van der Waals surface area contributed by atoms with Crippen molar-refractivity contribution in [1.29, 1.82) is 0 Å². The van der Waals surface area contributed by atoms with E-state index < -0.39 is 6.23 Å². The van der Waals surface area contributed by atoms with Crippen LogP contribution in [0, 0.1) is 17.8 Å². The molecule has 4 saturated heterocycles. The van der Waals surface area contributed by atoms with Gasteiger partial charge in [-0.2, -0.15) is 0 Å². The number of fused-ring (bicyclic) bond motifs is 2. The molecule has 5 heterocycles. The number of hydrogen-bond donors (Lipinski definition) is 1. The van der Waals surface area contributed by atoms with Gasteiger partial charge in [0, 0.05) is 36.7 Å². The lowest BCUT2D eigenvalue weighted by Gasteiger charge is -2.62. The predicted octanol–water partition coefficient (Wildman–Crippen LogP) is 3.45. The number of carbonyl (C=O) groups excluding carboxylic acids is 1. The van der Waals surface area contributed by atoms with Crippen molar-refractivity contribution in [2.24, 2.45) is 17.8 Å². The molecule has 8 nitrogen and oxygen atoms in total. The van der Waals surface area contributed by atoms with Crippen molar-refractivity contribution in [2.75, 3.05) is 33.3 Å². The molecule has 2 unspecified atom stereocenters. The van der Waals surface area contributed by atoms with Gasteiger partial charge in [-0.1, -0.05) is 25.1 Å². The largest absolute Gasteiger partial charge is 0.493 e. The van der Waals surface area contributed by atoms with Gasteiger partial charge in [0.15, 0.2) is 11.5 Å². The predicted molar refractivity (Wildman–Crippen MR) is 141 cm³/mol. The molecule has 6 aliphatic rings. The maximum atomic E-state index is 13.9. The average Bonchev–Trinajstić information content (AvgIpc) is 3.34. The number of likely N-dealkylation sites (N-methyl/N-ethyl adjacent to an activating group) is 1. The van der Waals surface area contributed by atoms with Crippen molar-refractivity contribution in [3.05, 3.63) is 47.5 Å². The molecule has 1 saturated carbocycles. The van der Waals surface area contributed by atoms with Gasteiger partial charge in [-0.05, 0) is 48.9 Å². The Morgan fingerprint density at radius 2 is 1.79 bits per heavy atom. The third-order valence-electron chi connectivity index (χ3n) is 10.6. The van der Waals surface area contributed by atoms with E-state index in [-0.39, 0.29) is 47.4 Å². The van der Waals surface area contributed by atoms with Gasteiger partial charge in [0.05, 0.1) is 38.3 Å². The van der Waals surface area contributed by atoms with E-state index in [1.54, 1.807) is 33.5 Å². The summed E-state index contributed by atoms with van der Waals surface area (Å²) in [6, 6.07) is 12.5. The number of piperidine rings is 4. The molecule has 1 N–H and O–H groups in total. The number of hydrogen-bond acceptors (Lipinski definition) is 8. The SMILES string of the molecule is CC[C@H]1[C@@H]2C[C@H]3[C@@H]4N(C)c5ccccc5[C@]45C[C@@H](C2[C@H]5OC(=O)c2cc(OC)c(OC)c(OC)c2)N3[C@H]1O. The van der Waals surface area contributed by atoms with E-state index in [9.17, 15) is 9.90 Å². The van der Waals surface area contributed by atoms with Crippen LogP contribution in [0.4, 0.5) is 5.69 Å². The standard InChI is InChI=1S/C30H36N2O6/c1-6-16-17-13-20-26-30(18-9-7-8-10-19(18)31(26)2)14-21(32(20)28(16)33)24(17)27(30)38-29(34)15-11-22(35-3)25(37-5)23(12-15)36-4/h7-12,16-17,20-21,24,26-28,33H,6,13-14H2,1-5H3/t16-,17-,20-,21-,24?,26-,27+,28-,30+/m0/s1. The minimum atomic E-state index is -0.440. The molecular formula is C30H36N2O6. The highest BCUT2D eigenvalue weighted by atomic mass is 16.5. The summed E-state index contributed by atoms with van der Waals surface area (Å²) in [6.07, 6.45) is 2.09. The Bertz CT molecular complexity index is 1270. The fourth-order valence-electron chi connectivity index (χ4n) is 9.41. The van der Waals surface area contributed by atoms with E-state index in [2.05, 4.69) is 48.0 Å². The quantitative estimate of drug-likeness (QED) is 0.581. The number of ether oxygens (including phenoxy) is 4. The van der Waals surface area contributed by atoms with Crippen molar-refractivity contribution < 1.29 is 28.8 Å². The topological polar surface area (TPSA) is 80.7 Å². The molecule has 8 rings (SSSR count). The number of benzene rings is 2. The monoisotopic (exact) mass is 520 g/mol. The fourth-order valence-corrected chi connectivity index (χ4v) is 9.41. The van der Waals surface area contributed by atoms with Crippen LogP contribution in [0.1, 0.15) is 42.1 Å². The first-order chi connectivity index (χ1) is 18.4. The van der Waals surface area contributed by atoms with Gasteiger partial charge in [0.25, 0.3) is 0 Å². The highest BCUT2D eigenvalue weighted by Crippen LogP contribution is 2.69. The number of carbonyl (C=O) groups is 1. The summed E-state index contributed by atoms with van der Waals surface area (Å²) in [5, 5.41) is 11.5. The van der Waals surface area contributed by atoms with Crippen LogP contribution in [0.5, 0.6) is 17.2 Å². The Morgan fingerprint density at radius 3 is 2.45 bits per heavy atom. The Labute approximate surface area is 223 Å². The zero-order valence-electron chi connectivity index (χ0n) is 22.6. The highest BCUT2D eigenvalue weighted by Gasteiger charge is 2.77.